The Morgan fingerprint density at radius 3 is 2.52 bits per heavy atom. The SMILES string of the molecule is COc1ccc(CN(C(=O)Cn2c(=O)c3c(ncn3C)n(C)c2=O)C2CC2)cc1. The molecule has 0 aliphatic heterocycles. The van der Waals surface area contributed by atoms with Crippen molar-refractivity contribution in [1.29, 1.82) is 0 Å². The van der Waals surface area contributed by atoms with Crippen molar-refractivity contribution in [3.63, 3.8) is 0 Å². The number of aryl methyl sites for hydroxylation is 2. The molecule has 1 aromatic carbocycles. The van der Waals surface area contributed by atoms with Crippen LogP contribution in [0.25, 0.3) is 11.2 Å². The van der Waals surface area contributed by atoms with Crippen LogP contribution < -0.4 is 16.0 Å². The van der Waals surface area contributed by atoms with E-state index < -0.39 is 11.2 Å². The molecule has 0 spiro atoms. The Labute approximate surface area is 166 Å². The van der Waals surface area contributed by atoms with Gasteiger partial charge in [0.05, 0.1) is 13.4 Å². The van der Waals surface area contributed by atoms with Crippen molar-refractivity contribution in [1.82, 2.24) is 23.6 Å². The third-order valence-electron chi connectivity index (χ3n) is 5.31. The molecule has 0 bridgehead atoms. The van der Waals surface area contributed by atoms with Gasteiger partial charge in [0.15, 0.2) is 11.2 Å². The maximum Gasteiger partial charge on any atom is 0.332 e. The highest BCUT2D eigenvalue weighted by Gasteiger charge is 2.33. The van der Waals surface area contributed by atoms with Crippen molar-refractivity contribution in [2.75, 3.05) is 7.11 Å². The minimum atomic E-state index is -0.547. The van der Waals surface area contributed by atoms with E-state index in [9.17, 15) is 14.4 Å². The van der Waals surface area contributed by atoms with Crippen molar-refractivity contribution >= 4 is 17.1 Å². The average Bonchev–Trinajstić information content (AvgIpc) is 3.49. The summed E-state index contributed by atoms with van der Waals surface area (Å²) in [4.78, 5) is 44.5. The van der Waals surface area contributed by atoms with E-state index in [-0.39, 0.29) is 18.5 Å². The highest BCUT2D eigenvalue weighted by molar-refractivity contribution is 5.77. The molecule has 29 heavy (non-hydrogen) atoms. The van der Waals surface area contributed by atoms with E-state index in [1.54, 1.807) is 30.7 Å². The topological polar surface area (TPSA) is 91.4 Å². The van der Waals surface area contributed by atoms with Crippen LogP contribution in [0.15, 0.2) is 40.2 Å². The van der Waals surface area contributed by atoms with Crippen molar-refractivity contribution in [2.24, 2.45) is 14.1 Å². The van der Waals surface area contributed by atoms with Crippen LogP contribution in [0.1, 0.15) is 18.4 Å². The molecule has 0 unspecified atom stereocenters. The molecule has 0 radical (unpaired) electrons. The number of carbonyl (C=O) groups excluding carboxylic acids is 1. The van der Waals surface area contributed by atoms with Crippen molar-refractivity contribution in [2.45, 2.75) is 32.0 Å². The minimum Gasteiger partial charge on any atom is -0.497 e. The first-order chi connectivity index (χ1) is 13.9. The summed E-state index contributed by atoms with van der Waals surface area (Å²) in [6.07, 6.45) is 3.34. The zero-order valence-electron chi connectivity index (χ0n) is 16.7. The van der Waals surface area contributed by atoms with Crippen LogP contribution >= 0.6 is 0 Å². The number of hydrogen-bond donors (Lipinski definition) is 0. The second-order valence-corrected chi connectivity index (χ2v) is 7.36. The number of rotatable bonds is 6. The summed E-state index contributed by atoms with van der Waals surface area (Å²) in [7, 11) is 4.84. The van der Waals surface area contributed by atoms with Gasteiger partial charge in [-0.15, -0.1) is 0 Å². The molecule has 1 aliphatic carbocycles. The fourth-order valence-corrected chi connectivity index (χ4v) is 3.50. The number of methoxy groups -OCH3 is 1. The summed E-state index contributed by atoms with van der Waals surface area (Å²) in [5, 5.41) is 0. The summed E-state index contributed by atoms with van der Waals surface area (Å²) >= 11 is 0. The Balaban J connectivity index is 1.64. The number of benzene rings is 1. The van der Waals surface area contributed by atoms with Gasteiger partial charge in [-0.05, 0) is 30.5 Å². The molecule has 1 aliphatic rings. The van der Waals surface area contributed by atoms with Gasteiger partial charge in [0.2, 0.25) is 5.91 Å². The van der Waals surface area contributed by atoms with E-state index in [1.165, 1.54) is 10.9 Å². The average molecular weight is 397 g/mol. The molecular weight excluding hydrogens is 374 g/mol. The monoisotopic (exact) mass is 397 g/mol. The van der Waals surface area contributed by atoms with Crippen LogP contribution in [0.5, 0.6) is 5.75 Å². The van der Waals surface area contributed by atoms with Gasteiger partial charge < -0.3 is 14.2 Å². The highest BCUT2D eigenvalue weighted by atomic mass is 16.5. The molecule has 1 saturated carbocycles. The maximum atomic E-state index is 13.1. The predicted molar refractivity (Wildman–Crippen MR) is 107 cm³/mol. The number of imidazole rings is 1. The summed E-state index contributed by atoms with van der Waals surface area (Å²) in [5.74, 6) is 0.501. The number of carbonyl (C=O) groups is 1. The van der Waals surface area contributed by atoms with E-state index in [1.807, 2.05) is 24.3 Å². The third kappa shape index (κ3) is 3.43. The zero-order chi connectivity index (χ0) is 20.7. The molecule has 2 aromatic heterocycles. The lowest BCUT2D eigenvalue weighted by Gasteiger charge is -2.23. The number of ether oxygens (including phenoxy) is 1. The Morgan fingerprint density at radius 2 is 1.90 bits per heavy atom. The third-order valence-corrected chi connectivity index (χ3v) is 5.31. The quantitative estimate of drug-likeness (QED) is 0.609. The van der Waals surface area contributed by atoms with Gasteiger partial charge in [0.1, 0.15) is 12.3 Å². The standard InChI is InChI=1S/C20H23N5O4/c1-22-12-21-18-17(22)19(27)25(20(28)23(18)2)11-16(26)24(14-6-7-14)10-13-4-8-15(29-3)9-5-13/h4-5,8-9,12,14H,6-7,10-11H2,1-3H3. The van der Waals surface area contributed by atoms with Gasteiger partial charge >= 0.3 is 5.69 Å². The molecule has 1 amide bonds. The van der Waals surface area contributed by atoms with E-state index in [0.29, 0.717) is 17.7 Å². The maximum absolute atomic E-state index is 13.1. The zero-order valence-corrected chi connectivity index (χ0v) is 16.7. The van der Waals surface area contributed by atoms with E-state index in [0.717, 1.165) is 28.7 Å². The molecular formula is C20H23N5O4. The molecule has 2 heterocycles. The fraction of sp³-hybridized carbons (Fsp3) is 0.400. The van der Waals surface area contributed by atoms with Gasteiger partial charge in [0, 0.05) is 26.7 Å². The molecule has 3 aromatic rings. The molecule has 0 atom stereocenters. The van der Waals surface area contributed by atoms with Crippen LogP contribution in [0.3, 0.4) is 0 Å². The lowest BCUT2D eigenvalue weighted by molar-refractivity contribution is -0.133. The number of fused-ring (bicyclic) bond motifs is 1. The molecule has 152 valence electrons. The van der Waals surface area contributed by atoms with E-state index in [4.69, 9.17) is 4.74 Å². The van der Waals surface area contributed by atoms with E-state index >= 15 is 0 Å². The number of amides is 1. The minimum absolute atomic E-state index is 0.143. The summed E-state index contributed by atoms with van der Waals surface area (Å²) < 4.78 is 9.03. The van der Waals surface area contributed by atoms with Gasteiger partial charge in [0.25, 0.3) is 5.56 Å². The Hall–Kier alpha value is -3.36. The van der Waals surface area contributed by atoms with Gasteiger partial charge in [-0.25, -0.2) is 14.3 Å². The smallest absolute Gasteiger partial charge is 0.332 e. The summed E-state index contributed by atoms with van der Waals surface area (Å²) in [6.45, 7) is 0.135. The normalized spacial score (nSPS) is 13.6. The Kier molecular flexibility index (Phi) is 4.73. The molecule has 4 rings (SSSR count). The van der Waals surface area contributed by atoms with Gasteiger partial charge in [-0.1, -0.05) is 12.1 Å². The van der Waals surface area contributed by atoms with Crippen LogP contribution in [-0.2, 0) is 32.0 Å². The second-order valence-electron chi connectivity index (χ2n) is 7.36. The van der Waals surface area contributed by atoms with Crippen molar-refractivity contribution in [3.8, 4) is 5.75 Å². The Morgan fingerprint density at radius 1 is 1.21 bits per heavy atom. The first-order valence-corrected chi connectivity index (χ1v) is 9.44. The Bertz CT molecular complexity index is 1180. The molecule has 0 saturated heterocycles. The van der Waals surface area contributed by atoms with Crippen LogP contribution in [0.2, 0.25) is 0 Å². The van der Waals surface area contributed by atoms with Crippen LogP contribution in [0.4, 0.5) is 0 Å². The van der Waals surface area contributed by atoms with Crippen LogP contribution in [-0.4, -0.2) is 42.6 Å². The number of aromatic nitrogens is 4. The first kappa shape index (κ1) is 19.0. The fourth-order valence-electron chi connectivity index (χ4n) is 3.50. The highest BCUT2D eigenvalue weighted by Crippen LogP contribution is 2.29. The number of nitrogens with zero attached hydrogens (tertiary/aromatic N) is 5. The van der Waals surface area contributed by atoms with Crippen LogP contribution in [0, 0.1) is 0 Å². The molecule has 0 N–H and O–H groups in total. The van der Waals surface area contributed by atoms with Gasteiger partial charge in [-0.3, -0.25) is 14.2 Å². The lowest BCUT2D eigenvalue weighted by Crippen LogP contribution is -2.45. The summed E-state index contributed by atoms with van der Waals surface area (Å²) in [5.41, 5.74) is 0.524. The largest absolute Gasteiger partial charge is 0.497 e. The second kappa shape index (κ2) is 7.23. The number of hydrogen-bond acceptors (Lipinski definition) is 5. The van der Waals surface area contributed by atoms with Crippen molar-refractivity contribution in [3.05, 3.63) is 57.0 Å². The van der Waals surface area contributed by atoms with Crippen molar-refractivity contribution < 1.29 is 9.53 Å². The molecule has 1 fully saturated rings. The first-order valence-electron chi connectivity index (χ1n) is 9.44. The molecule has 9 heteroatoms. The van der Waals surface area contributed by atoms with Gasteiger partial charge in [-0.2, -0.15) is 0 Å². The predicted octanol–water partition coefficient (Wildman–Crippen LogP) is 0.634. The summed E-state index contributed by atoms with van der Waals surface area (Å²) in [6, 6.07) is 7.66. The lowest BCUT2D eigenvalue weighted by atomic mass is 10.2. The molecule has 9 nitrogen and oxygen atoms in total. The van der Waals surface area contributed by atoms with E-state index in [2.05, 4.69) is 4.98 Å².